The van der Waals surface area contributed by atoms with Gasteiger partial charge in [-0.3, -0.25) is 19.3 Å². The molecule has 3 amide bonds. The Morgan fingerprint density at radius 2 is 1.56 bits per heavy atom. The number of halogens is 4. The summed E-state index contributed by atoms with van der Waals surface area (Å²) in [4.78, 5) is 38.7. The molecule has 0 saturated heterocycles. The number of nitrogens with zero attached hydrogens (tertiary/aromatic N) is 1. The van der Waals surface area contributed by atoms with E-state index in [1.54, 1.807) is 36.4 Å². The number of amides is 3. The topological polar surface area (TPSA) is 78.5 Å². The summed E-state index contributed by atoms with van der Waals surface area (Å²) in [6.45, 7) is 0.245. The fraction of sp³-hybridized carbons (Fsp3) is 0.115. The second-order valence-corrected chi connectivity index (χ2v) is 8.33. The summed E-state index contributed by atoms with van der Waals surface area (Å²) in [7, 11) is 0. The minimum absolute atomic E-state index is 0.0102. The molecule has 1 aliphatic heterocycles. The fourth-order valence-corrected chi connectivity index (χ4v) is 3.80. The van der Waals surface area contributed by atoms with E-state index < -0.39 is 29.5 Å². The largest absolute Gasteiger partial charge is 0.416 e. The minimum Gasteiger partial charge on any atom is -0.375 e. The Kier molecular flexibility index (Phi) is 7.12. The summed E-state index contributed by atoms with van der Waals surface area (Å²) in [5.41, 5.74) is 0.843. The number of carbonyl (C=O) groups is 3. The van der Waals surface area contributed by atoms with Gasteiger partial charge in [0.1, 0.15) is 10.7 Å². The molecule has 0 aliphatic carbocycles. The molecule has 1 aliphatic rings. The maximum Gasteiger partial charge on any atom is 0.416 e. The van der Waals surface area contributed by atoms with Crippen LogP contribution in [0.5, 0.6) is 0 Å². The number of hydrogen-bond donors (Lipinski definition) is 2. The van der Waals surface area contributed by atoms with Crippen LogP contribution in [0.2, 0.25) is 0 Å². The van der Waals surface area contributed by atoms with Gasteiger partial charge in [-0.05, 0) is 41.5 Å². The average molecular weight is 514 g/mol. The molecule has 36 heavy (non-hydrogen) atoms. The van der Waals surface area contributed by atoms with Crippen LogP contribution in [0.3, 0.4) is 0 Å². The molecule has 0 unspecified atom stereocenters. The van der Waals surface area contributed by atoms with Crippen molar-refractivity contribution in [2.45, 2.75) is 19.3 Å². The van der Waals surface area contributed by atoms with Gasteiger partial charge in [-0.1, -0.05) is 60.1 Å². The van der Waals surface area contributed by atoms with Gasteiger partial charge >= 0.3 is 6.18 Å². The monoisotopic (exact) mass is 513 g/mol. The van der Waals surface area contributed by atoms with Gasteiger partial charge in [0.2, 0.25) is 0 Å². The Bertz CT molecular complexity index is 1340. The molecule has 0 spiro atoms. The molecular weight excluding hydrogens is 495 g/mol. The maximum absolute atomic E-state index is 12.9. The van der Waals surface area contributed by atoms with Gasteiger partial charge in [0.25, 0.3) is 17.7 Å². The molecule has 6 nitrogen and oxygen atoms in total. The summed E-state index contributed by atoms with van der Waals surface area (Å²) in [6.07, 6.45) is -4.52. The minimum atomic E-state index is -4.52. The first-order valence-electron chi connectivity index (χ1n) is 10.7. The van der Waals surface area contributed by atoms with Crippen LogP contribution in [0.15, 0.2) is 89.6 Å². The Labute approximate surface area is 209 Å². The number of rotatable bonds is 7. The Balaban J connectivity index is 1.37. The van der Waals surface area contributed by atoms with E-state index in [2.05, 4.69) is 10.6 Å². The number of benzene rings is 3. The van der Waals surface area contributed by atoms with E-state index in [4.69, 9.17) is 11.6 Å². The Morgan fingerprint density at radius 1 is 0.861 bits per heavy atom. The number of imide groups is 1. The maximum atomic E-state index is 12.9. The predicted molar refractivity (Wildman–Crippen MR) is 128 cm³/mol. The van der Waals surface area contributed by atoms with E-state index in [0.29, 0.717) is 5.56 Å². The van der Waals surface area contributed by atoms with Crippen LogP contribution in [0.4, 0.5) is 18.9 Å². The molecule has 0 bridgehead atoms. The van der Waals surface area contributed by atoms with Crippen molar-refractivity contribution < 1.29 is 27.6 Å². The van der Waals surface area contributed by atoms with Crippen molar-refractivity contribution in [1.29, 1.82) is 0 Å². The molecule has 3 aromatic rings. The lowest BCUT2D eigenvalue weighted by atomic mass is 10.1. The van der Waals surface area contributed by atoms with Gasteiger partial charge in [-0.2, -0.15) is 13.2 Å². The summed E-state index contributed by atoms with van der Waals surface area (Å²) in [5, 5.41) is 5.12. The molecule has 0 aromatic heterocycles. The van der Waals surface area contributed by atoms with Crippen molar-refractivity contribution in [3.63, 3.8) is 0 Å². The van der Waals surface area contributed by atoms with Crippen molar-refractivity contribution in [2.24, 2.45) is 0 Å². The lowest BCUT2D eigenvalue weighted by Gasteiger charge is -2.15. The van der Waals surface area contributed by atoms with Crippen LogP contribution in [-0.4, -0.2) is 22.6 Å². The molecule has 0 saturated carbocycles. The third-order valence-electron chi connectivity index (χ3n) is 5.43. The molecule has 2 N–H and O–H groups in total. The first-order valence-corrected chi connectivity index (χ1v) is 11.1. The summed E-state index contributed by atoms with van der Waals surface area (Å²) >= 11 is 6.12. The fourth-order valence-electron chi connectivity index (χ4n) is 3.55. The first kappa shape index (κ1) is 25.0. The normalized spacial score (nSPS) is 13.8. The van der Waals surface area contributed by atoms with Crippen molar-refractivity contribution in [3.8, 4) is 0 Å². The molecule has 3 aromatic carbocycles. The van der Waals surface area contributed by atoms with E-state index in [0.717, 1.165) is 22.6 Å². The Hall–Kier alpha value is -4.11. The predicted octanol–water partition coefficient (Wildman–Crippen LogP) is 5.07. The highest BCUT2D eigenvalue weighted by molar-refractivity contribution is 6.47. The van der Waals surface area contributed by atoms with E-state index >= 15 is 0 Å². The second kappa shape index (κ2) is 10.2. The van der Waals surface area contributed by atoms with Crippen molar-refractivity contribution in [2.75, 3.05) is 5.32 Å². The zero-order valence-electron chi connectivity index (χ0n) is 18.6. The molecular formula is C26H19ClF3N3O3. The number of anilines is 1. The molecule has 10 heteroatoms. The van der Waals surface area contributed by atoms with Crippen LogP contribution in [0, 0.1) is 0 Å². The zero-order valence-corrected chi connectivity index (χ0v) is 19.4. The molecule has 184 valence electrons. The Morgan fingerprint density at radius 3 is 2.22 bits per heavy atom. The van der Waals surface area contributed by atoms with Gasteiger partial charge in [-0.15, -0.1) is 0 Å². The zero-order chi connectivity index (χ0) is 25.9. The molecule has 0 atom stereocenters. The number of nitrogens with one attached hydrogen (secondary N) is 2. The number of alkyl halides is 3. The highest BCUT2D eigenvalue weighted by atomic mass is 35.5. The third-order valence-corrected chi connectivity index (χ3v) is 5.78. The highest BCUT2D eigenvalue weighted by Gasteiger charge is 2.37. The first-order chi connectivity index (χ1) is 17.1. The van der Waals surface area contributed by atoms with Crippen LogP contribution in [0.25, 0.3) is 0 Å². The van der Waals surface area contributed by atoms with E-state index in [1.807, 2.05) is 6.07 Å². The van der Waals surface area contributed by atoms with E-state index in [9.17, 15) is 27.6 Å². The molecule has 4 rings (SSSR count). The second-order valence-electron chi connectivity index (χ2n) is 7.95. The number of carbonyl (C=O) groups excluding carboxylic acids is 3. The van der Waals surface area contributed by atoms with Crippen LogP contribution in [-0.2, 0) is 28.9 Å². The van der Waals surface area contributed by atoms with Crippen molar-refractivity contribution in [3.05, 3.63) is 112 Å². The number of hydrogen-bond acceptors (Lipinski definition) is 4. The summed E-state index contributed by atoms with van der Waals surface area (Å²) in [6, 6.07) is 19.6. The lowest BCUT2D eigenvalue weighted by Crippen LogP contribution is -2.33. The third kappa shape index (κ3) is 5.58. The molecule has 0 radical (unpaired) electrons. The van der Waals surface area contributed by atoms with E-state index in [1.165, 1.54) is 24.3 Å². The smallest absolute Gasteiger partial charge is 0.375 e. The lowest BCUT2D eigenvalue weighted by molar-refractivity contribution is -0.139. The summed E-state index contributed by atoms with van der Waals surface area (Å²) in [5.74, 6) is -1.70. The highest BCUT2D eigenvalue weighted by Crippen LogP contribution is 2.31. The van der Waals surface area contributed by atoms with Crippen LogP contribution >= 0.6 is 11.6 Å². The molecule has 0 fully saturated rings. The van der Waals surface area contributed by atoms with Gasteiger partial charge in [0.15, 0.2) is 0 Å². The molecule has 1 heterocycles. The SMILES string of the molecule is O=C(Nc1cccc(C(F)(F)F)c1)c1ccc(CNC2=C(Cl)C(=O)N(Cc3ccccc3)C2=O)cc1. The summed E-state index contributed by atoms with van der Waals surface area (Å²) < 4.78 is 38.6. The van der Waals surface area contributed by atoms with Gasteiger partial charge in [-0.25, -0.2) is 0 Å². The van der Waals surface area contributed by atoms with Crippen molar-refractivity contribution in [1.82, 2.24) is 10.2 Å². The van der Waals surface area contributed by atoms with Crippen LogP contribution in [0.1, 0.15) is 27.0 Å². The van der Waals surface area contributed by atoms with E-state index in [-0.39, 0.29) is 35.1 Å². The standard InChI is InChI=1S/C26H19ClF3N3O3/c27-21-22(25(36)33(24(21)35)15-17-5-2-1-3-6-17)31-14-16-9-11-18(12-10-16)23(34)32-20-8-4-7-19(13-20)26(28,29)30/h1-13,31H,14-15H2,(H,32,34). The van der Waals surface area contributed by atoms with Gasteiger partial charge in [0.05, 0.1) is 12.1 Å². The average Bonchev–Trinajstić information content (AvgIpc) is 3.06. The van der Waals surface area contributed by atoms with Crippen LogP contribution < -0.4 is 10.6 Å². The quantitative estimate of drug-likeness (QED) is 0.433. The van der Waals surface area contributed by atoms with Gasteiger partial charge in [0, 0.05) is 17.8 Å². The van der Waals surface area contributed by atoms with Crippen molar-refractivity contribution >= 4 is 35.0 Å². The van der Waals surface area contributed by atoms with Gasteiger partial charge < -0.3 is 10.6 Å².